The molecule has 0 aliphatic heterocycles. The Morgan fingerprint density at radius 1 is 1.09 bits per heavy atom. The molecule has 0 bridgehead atoms. The molecule has 1 aromatic heterocycles. The van der Waals surface area contributed by atoms with Crippen LogP contribution in [0.5, 0.6) is 5.75 Å². The molecular weight excluding hydrogens is 422 g/mol. The molecular formula is C25H35N3O5. The quantitative estimate of drug-likeness (QED) is 0.450. The molecule has 2 saturated carbocycles. The summed E-state index contributed by atoms with van der Waals surface area (Å²) in [6.07, 6.45) is 7.71. The number of fused-ring (bicyclic) bond motifs is 1. The molecule has 0 radical (unpaired) electrons. The van der Waals surface area contributed by atoms with Gasteiger partial charge in [-0.3, -0.25) is 4.79 Å². The van der Waals surface area contributed by atoms with E-state index < -0.39 is 0 Å². The second kappa shape index (κ2) is 11.5. The van der Waals surface area contributed by atoms with E-state index in [1.54, 1.807) is 6.07 Å². The molecule has 2 unspecified atom stereocenters. The molecule has 3 N–H and O–H groups in total. The fourth-order valence-corrected chi connectivity index (χ4v) is 4.60. The van der Waals surface area contributed by atoms with E-state index in [1.807, 2.05) is 23.1 Å². The number of aromatic amines is 1. The summed E-state index contributed by atoms with van der Waals surface area (Å²) in [6.45, 7) is 1.71. The predicted molar refractivity (Wildman–Crippen MR) is 127 cm³/mol. The molecule has 0 spiro atoms. The van der Waals surface area contributed by atoms with E-state index in [2.05, 4.69) is 10.3 Å². The zero-order valence-corrected chi connectivity index (χ0v) is 19.1. The lowest BCUT2D eigenvalue weighted by atomic mass is 9.91. The second-order valence-corrected chi connectivity index (χ2v) is 8.98. The van der Waals surface area contributed by atoms with Crippen LogP contribution in [0, 0.1) is 0 Å². The highest BCUT2D eigenvalue weighted by molar-refractivity contribution is 5.79. The van der Waals surface area contributed by atoms with E-state index in [-0.39, 0.29) is 30.3 Å². The Morgan fingerprint density at radius 2 is 1.94 bits per heavy atom. The van der Waals surface area contributed by atoms with E-state index in [0.29, 0.717) is 38.6 Å². The first-order chi connectivity index (χ1) is 16.2. The summed E-state index contributed by atoms with van der Waals surface area (Å²) in [6, 6.07) is 9.29. The van der Waals surface area contributed by atoms with Crippen molar-refractivity contribution in [2.24, 2.45) is 0 Å². The summed E-state index contributed by atoms with van der Waals surface area (Å²) in [5.74, 6) is 0.741. The number of nitrogens with zero attached hydrogens (tertiary/aromatic N) is 1. The van der Waals surface area contributed by atoms with Gasteiger partial charge in [0.15, 0.2) is 0 Å². The zero-order valence-electron chi connectivity index (χ0n) is 19.1. The van der Waals surface area contributed by atoms with Gasteiger partial charge in [-0.05, 0) is 62.8 Å². The number of carbonyl (C=O) groups is 1. The van der Waals surface area contributed by atoms with Crippen LogP contribution < -0.4 is 15.6 Å². The van der Waals surface area contributed by atoms with Crippen molar-refractivity contribution >= 4 is 16.9 Å². The first-order valence-electron chi connectivity index (χ1n) is 12.2. The molecule has 33 heavy (non-hydrogen) atoms. The van der Waals surface area contributed by atoms with Crippen molar-refractivity contribution in [3.05, 3.63) is 40.7 Å². The lowest BCUT2D eigenvalue weighted by Crippen LogP contribution is -2.54. The number of H-pyrrole nitrogens is 1. The van der Waals surface area contributed by atoms with Gasteiger partial charge in [-0.25, -0.2) is 4.79 Å². The number of nitrogens with one attached hydrogen (secondary N) is 2. The molecule has 2 atom stereocenters. The van der Waals surface area contributed by atoms with E-state index in [1.165, 1.54) is 6.07 Å². The molecule has 2 amide bonds. The van der Waals surface area contributed by atoms with Gasteiger partial charge in [0.2, 0.25) is 5.56 Å². The Hall–Kier alpha value is -2.58. The zero-order chi connectivity index (χ0) is 23.0. The van der Waals surface area contributed by atoms with E-state index in [9.17, 15) is 9.59 Å². The molecule has 0 saturated heterocycles. The van der Waals surface area contributed by atoms with E-state index >= 15 is 0 Å². The van der Waals surface area contributed by atoms with Crippen LogP contribution in [-0.4, -0.2) is 65.6 Å². The van der Waals surface area contributed by atoms with Crippen molar-refractivity contribution in [1.82, 2.24) is 15.2 Å². The number of urea groups is 1. The molecule has 1 aromatic carbocycles. The van der Waals surface area contributed by atoms with E-state index in [0.717, 1.165) is 55.2 Å². The van der Waals surface area contributed by atoms with Crippen molar-refractivity contribution in [1.29, 1.82) is 0 Å². The smallest absolute Gasteiger partial charge is 0.317 e. The van der Waals surface area contributed by atoms with Crippen LogP contribution in [0.25, 0.3) is 10.9 Å². The first-order valence-corrected chi connectivity index (χ1v) is 12.2. The summed E-state index contributed by atoms with van der Waals surface area (Å²) < 4.78 is 11.9. The maximum atomic E-state index is 13.1. The van der Waals surface area contributed by atoms with E-state index in [4.69, 9.17) is 14.6 Å². The van der Waals surface area contributed by atoms with Crippen LogP contribution in [0.2, 0.25) is 0 Å². The number of rotatable bonds is 11. The average Bonchev–Trinajstić information content (AvgIpc) is 3.65. The maximum absolute atomic E-state index is 13.1. The number of aliphatic hydroxyl groups is 1. The fraction of sp³-hybridized carbons (Fsp3) is 0.600. The number of hydrogen-bond acceptors (Lipinski definition) is 5. The van der Waals surface area contributed by atoms with Gasteiger partial charge in [0.05, 0.1) is 18.8 Å². The molecule has 8 heteroatoms. The van der Waals surface area contributed by atoms with Gasteiger partial charge in [-0.15, -0.1) is 0 Å². The van der Waals surface area contributed by atoms with Crippen molar-refractivity contribution in [3.8, 4) is 5.75 Å². The molecule has 2 aliphatic carbocycles. The Bertz CT molecular complexity index is 974. The third-order valence-corrected chi connectivity index (χ3v) is 6.40. The topological polar surface area (TPSA) is 104 Å². The Kier molecular flexibility index (Phi) is 8.23. The van der Waals surface area contributed by atoms with Gasteiger partial charge in [0.1, 0.15) is 5.75 Å². The molecule has 4 rings (SSSR count). The van der Waals surface area contributed by atoms with Crippen molar-refractivity contribution in [3.63, 3.8) is 0 Å². The summed E-state index contributed by atoms with van der Waals surface area (Å²) in [4.78, 5) is 29.3. The maximum Gasteiger partial charge on any atom is 0.317 e. The van der Waals surface area contributed by atoms with Gasteiger partial charge in [0.25, 0.3) is 0 Å². The summed E-state index contributed by atoms with van der Waals surface area (Å²) in [5, 5.41) is 13.1. The van der Waals surface area contributed by atoms with Gasteiger partial charge in [-0.1, -0.05) is 12.8 Å². The largest absolute Gasteiger partial charge is 0.494 e. The lowest BCUT2D eigenvalue weighted by Gasteiger charge is -2.40. The molecule has 1 heterocycles. The first kappa shape index (κ1) is 23.6. The van der Waals surface area contributed by atoms with Crippen LogP contribution in [0.15, 0.2) is 35.1 Å². The van der Waals surface area contributed by atoms with Crippen LogP contribution in [-0.2, 0) is 4.74 Å². The number of aliphatic hydroxyl groups excluding tert-OH is 1. The average molecular weight is 458 g/mol. The summed E-state index contributed by atoms with van der Waals surface area (Å²) in [7, 11) is 0. The van der Waals surface area contributed by atoms with Gasteiger partial charge in [-0.2, -0.15) is 0 Å². The van der Waals surface area contributed by atoms with Crippen LogP contribution in [0.3, 0.4) is 0 Å². The fourth-order valence-electron chi connectivity index (χ4n) is 4.60. The molecule has 2 aliphatic rings. The Balaban J connectivity index is 1.24. The van der Waals surface area contributed by atoms with Gasteiger partial charge < -0.3 is 29.8 Å². The van der Waals surface area contributed by atoms with Crippen LogP contribution in [0.4, 0.5) is 4.79 Å². The Labute approximate surface area is 194 Å². The molecule has 180 valence electrons. The number of ether oxygens (including phenoxy) is 2. The molecule has 2 fully saturated rings. The summed E-state index contributed by atoms with van der Waals surface area (Å²) in [5.41, 5.74) is 0.659. The number of benzene rings is 1. The standard InChI is InChI=1S/C25H35N3O5/c29-14-4-16-33-23-6-2-1-5-22(23)28(19-8-9-19)25(31)26-13-3-15-32-20-10-11-21-18(17-20)7-12-24(30)27-21/h7,10-12,17,19,22-23,29H,1-6,8-9,13-16H2,(H,26,31)(H,27,30). The third kappa shape index (κ3) is 6.48. The van der Waals surface area contributed by atoms with Crippen LogP contribution in [0.1, 0.15) is 51.4 Å². The lowest BCUT2D eigenvalue weighted by molar-refractivity contribution is -0.0305. The second-order valence-electron chi connectivity index (χ2n) is 8.98. The minimum Gasteiger partial charge on any atom is -0.494 e. The number of carbonyl (C=O) groups excluding carboxylic acids is 1. The van der Waals surface area contributed by atoms with Crippen molar-refractivity contribution in [2.45, 2.75) is 69.6 Å². The number of amides is 2. The van der Waals surface area contributed by atoms with Crippen molar-refractivity contribution in [2.75, 3.05) is 26.4 Å². The minimum atomic E-state index is -0.122. The highest BCUT2D eigenvalue weighted by Gasteiger charge is 2.41. The summed E-state index contributed by atoms with van der Waals surface area (Å²) >= 11 is 0. The number of pyridine rings is 1. The number of hydrogen-bond donors (Lipinski definition) is 3. The molecule has 2 aromatic rings. The normalized spacial score (nSPS) is 20.5. The van der Waals surface area contributed by atoms with Gasteiger partial charge >= 0.3 is 6.03 Å². The highest BCUT2D eigenvalue weighted by Crippen LogP contribution is 2.35. The monoisotopic (exact) mass is 457 g/mol. The minimum absolute atomic E-state index is 0.00480. The third-order valence-electron chi connectivity index (χ3n) is 6.40. The predicted octanol–water partition coefficient (Wildman–Crippen LogP) is 3.18. The van der Waals surface area contributed by atoms with Gasteiger partial charge in [0, 0.05) is 42.8 Å². The number of aromatic nitrogens is 1. The Morgan fingerprint density at radius 3 is 2.76 bits per heavy atom. The SMILES string of the molecule is O=C(NCCCOc1ccc2[nH]c(=O)ccc2c1)N(C1CC1)C1CCCCC1OCCCO. The van der Waals surface area contributed by atoms with Crippen LogP contribution >= 0.6 is 0 Å². The highest BCUT2D eigenvalue weighted by atomic mass is 16.5. The van der Waals surface area contributed by atoms with Crippen molar-refractivity contribution < 1.29 is 19.4 Å². The molecule has 8 nitrogen and oxygen atoms in total.